The summed E-state index contributed by atoms with van der Waals surface area (Å²) in [7, 11) is 0. The number of hydrogen-bond donors (Lipinski definition) is 0. The van der Waals surface area contributed by atoms with Gasteiger partial charge in [-0.1, -0.05) is 0 Å². The van der Waals surface area contributed by atoms with Gasteiger partial charge < -0.3 is 9.64 Å². The molecule has 3 nitrogen and oxygen atoms in total. The topological polar surface area (TPSA) is 15.7 Å². The molecule has 0 N–H and O–H groups in total. The van der Waals surface area contributed by atoms with Crippen LogP contribution < -0.4 is 0 Å². The third kappa shape index (κ3) is 5.54. The fourth-order valence-corrected chi connectivity index (χ4v) is 3.30. The molecule has 0 spiro atoms. The minimum atomic E-state index is 0.0134. The van der Waals surface area contributed by atoms with E-state index in [0.29, 0.717) is 5.54 Å². The van der Waals surface area contributed by atoms with Crippen molar-refractivity contribution in [3.63, 3.8) is 0 Å². The average Bonchev–Trinajstić information content (AvgIpc) is 2.29. The second-order valence-electron chi connectivity index (χ2n) is 9.11. The van der Waals surface area contributed by atoms with Crippen LogP contribution in [-0.2, 0) is 4.74 Å². The maximum Gasteiger partial charge on any atom is 0.0598 e. The predicted octanol–water partition coefficient (Wildman–Crippen LogP) is 3.24. The van der Waals surface area contributed by atoms with E-state index in [1.165, 1.54) is 45.6 Å². The fourth-order valence-electron chi connectivity index (χ4n) is 3.30. The van der Waals surface area contributed by atoms with E-state index < -0.39 is 0 Å². The molecule has 0 amide bonds. The van der Waals surface area contributed by atoms with E-state index in [1.807, 2.05) is 0 Å². The van der Waals surface area contributed by atoms with Gasteiger partial charge in [-0.05, 0) is 79.3 Å². The molecule has 0 aromatic carbocycles. The summed E-state index contributed by atoms with van der Waals surface area (Å²) in [6.07, 6.45) is 2.62. The lowest BCUT2D eigenvalue weighted by Crippen LogP contribution is -2.58. The van der Waals surface area contributed by atoms with Crippen LogP contribution in [0.2, 0.25) is 0 Å². The normalized spacial score (nSPS) is 24.3. The van der Waals surface area contributed by atoms with Crippen LogP contribution in [0.5, 0.6) is 0 Å². The molecule has 0 atom stereocenters. The Morgan fingerprint density at radius 3 is 1.95 bits per heavy atom. The Kier molecular flexibility index (Phi) is 5.38. The zero-order valence-electron chi connectivity index (χ0n) is 15.1. The number of rotatable bonds is 4. The summed E-state index contributed by atoms with van der Waals surface area (Å²) in [4.78, 5) is 5.28. The van der Waals surface area contributed by atoms with Crippen molar-refractivity contribution in [3.8, 4) is 0 Å². The Morgan fingerprint density at radius 1 is 0.905 bits per heavy atom. The molecular formula is C18H36N2O. The molecule has 2 fully saturated rings. The highest BCUT2D eigenvalue weighted by Crippen LogP contribution is 2.27. The van der Waals surface area contributed by atoms with Gasteiger partial charge >= 0.3 is 0 Å². The third-order valence-electron chi connectivity index (χ3n) is 4.88. The largest absolute Gasteiger partial charge is 0.376 e. The summed E-state index contributed by atoms with van der Waals surface area (Å²) in [6, 6.07) is 0. The van der Waals surface area contributed by atoms with Gasteiger partial charge in [-0.25, -0.2) is 0 Å². The molecule has 0 radical (unpaired) electrons. The summed E-state index contributed by atoms with van der Waals surface area (Å²) in [5.41, 5.74) is 0.368. The predicted molar refractivity (Wildman–Crippen MR) is 89.7 cm³/mol. The molecule has 3 heteroatoms. The van der Waals surface area contributed by atoms with Gasteiger partial charge in [0.2, 0.25) is 0 Å². The van der Waals surface area contributed by atoms with Gasteiger partial charge in [0.05, 0.1) is 12.2 Å². The summed E-state index contributed by atoms with van der Waals surface area (Å²) in [5.74, 6) is 1.67. The van der Waals surface area contributed by atoms with E-state index in [9.17, 15) is 0 Å². The second-order valence-corrected chi connectivity index (χ2v) is 9.11. The van der Waals surface area contributed by atoms with Crippen molar-refractivity contribution < 1.29 is 4.74 Å². The summed E-state index contributed by atoms with van der Waals surface area (Å²) in [6.45, 7) is 20.8. The van der Waals surface area contributed by atoms with Crippen LogP contribution in [0.4, 0.5) is 0 Å². The van der Waals surface area contributed by atoms with E-state index in [1.54, 1.807) is 0 Å². The lowest BCUT2D eigenvalue weighted by molar-refractivity contribution is -0.0387. The number of likely N-dealkylation sites (tertiary alicyclic amines) is 2. The van der Waals surface area contributed by atoms with Crippen LogP contribution >= 0.6 is 0 Å². The molecule has 0 aromatic heterocycles. The first-order chi connectivity index (χ1) is 9.63. The van der Waals surface area contributed by atoms with Gasteiger partial charge in [-0.15, -0.1) is 0 Å². The minimum absolute atomic E-state index is 0.0134. The van der Waals surface area contributed by atoms with Crippen molar-refractivity contribution in [3.05, 3.63) is 0 Å². The lowest BCUT2D eigenvalue weighted by atomic mass is 9.90. The summed E-state index contributed by atoms with van der Waals surface area (Å²) >= 11 is 0. The number of hydrogen-bond acceptors (Lipinski definition) is 3. The Labute approximate surface area is 132 Å². The molecule has 2 rings (SSSR count). The standard InChI is InChI=1S/C18H36N2O/c1-17(2,3)20-12-16(13-20)11-19-9-7-15(8-10-19)14-21-18(4,5)6/h15-16H,7-14H2,1-6H3. The van der Waals surface area contributed by atoms with Crippen molar-refractivity contribution in [2.24, 2.45) is 11.8 Å². The monoisotopic (exact) mass is 296 g/mol. The zero-order chi connectivity index (χ0) is 15.7. The molecule has 0 bridgehead atoms. The van der Waals surface area contributed by atoms with Crippen molar-refractivity contribution in [1.82, 2.24) is 9.80 Å². The second kappa shape index (κ2) is 6.55. The molecule has 2 saturated heterocycles. The van der Waals surface area contributed by atoms with Crippen LogP contribution in [0.1, 0.15) is 54.4 Å². The lowest BCUT2D eigenvalue weighted by Gasteiger charge is -2.49. The average molecular weight is 296 g/mol. The van der Waals surface area contributed by atoms with Crippen molar-refractivity contribution in [1.29, 1.82) is 0 Å². The van der Waals surface area contributed by atoms with Gasteiger partial charge in [0.15, 0.2) is 0 Å². The van der Waals surface area contributed by atoms with Crippen molar-refractivity contribution in [2.75, 3.05) is 39.3 Å². The molecule has 2 aliphatic rings. The van der Waals surface area contributed by atoms with E-state index >= 15 is 0 Å². The highest BCUT2D eigenvalue weighted by atomic mass is 16.5. The highest BCUT2D eigenvalue weighted by Gasteiger charge is 2.35. The van der Waals surface area contributed by atoms with Gasteiger partial charge in [0, 0.05) is 25.2 Å². The third-order valence-corrected chi connectivity index (χ3v) is 4.88. The number of piperidine rings is 1. The van der Waals surface area contributed by atoms with E-state index in [4.69, 9.17) is 4.74 Å². The quantitative estimate of drug-likeness (QED) is 0.792. The molecule has 0 unspecified atom stereocenters. The van der Waals surface area contributed by atoms with E-state index in [2.05, 4.69) is 51.3 Å². The molecule has 0 saturated carbocycles. The van der Waals surface area contributed by atoms with E-state index in [0.717, 1.165) is 18.4 Å². The fraction of sp³-hybridized carbons (Fsp3) is 1.00. The first-order valence-electron chi connectivity index (χ1n) is 8.75. The van der Waals surface area contributed by atoms with Gasteiger partial charge in [-0.3, -0.25) is 4.90 Å². The Morgan fingerprint density at radius 2 is 1.48 bits per heavy atom. The SMILES string of the molecule is CC(C)(C)OCC1CCN(CC2CN(C(C)(C)C)C2)CC1. The first-order valence-corrected chi connectivity index (χ1v) is 8.75. The van der Waals surface area contributed by atoms with Crippen LogP contribution in [0.3, 0.4) is 0 Å². The van der Waals surface area contributed by atoms with Crippen molar-refractivity contribution >= 4 is 0 Å². The minimum Gasteiger partial charge on any atom is -0.376 e. The number of nitrogens with zero attached hydrogens (tertiary/aromatic N) is 2. The molecule has 0 aliphatic carbocycles. The van der Waals surface area contributed by atoms with E-state index in [-0.39, 0.29) is 5.60 Å². The number of ether oxygens (including phenoxy) is 1. The van der Waals surface area contributed by atoms with Gasteiger partial charge in [0.25, 0.3) is 0 Å². The van der Waals surface area contributed by atoms with Gasteiger partial charge in [0.1, 0.15) is 0 Å². The molecule has 124 valence electrons. The molecule has 0 aromatic rings. The molecule has 21 heavy (non-hydrogen) atoms. The Bertz CT molecular complexity index is 315. The smallest absolute Gasteiger partial charge is 0.0598 e. The van der Waals surface area contributed by atoms with Crippen molar-refractivity contribution in [2.45, 2.75) is 65.5 Å². The van der Waals surface area contributed by atoms with Crippen LogP contribution in [0, 0.1) is 11.8 Å². The molecular weight excluding hydrogens is 260 g/mol. The van der Waals surface area contributed by atoms with Crippen LogP contribution in [-0.4, -0.2) is 60.3 Å². The summed E-state index contributed by atoms with van der Waals surface area (Å²) < 4.78 is 5.94. The van der Waals surface area contributed by atoms with Gasteiger partial charge in [-0.2, -0.15) is 0 Å². The first kappa shape index (κ1) is 17.2. The zero-order valence-corrected chi connectivity index (χ0v) is 15.1. The Hall–Kier alpha value is -0.120. The maximum absolute atomic E-state index is 5.94. The van der Waals surface area contributed by atoms with Crippen LogP contribution in [0.25, 0.3) is 0 Å². The van der Waals surface area contributed by atoms with Crippen LogP contribution in [0.15, 0.2) is 0 Å². The molecule has 2 heterocycles. The summed E-state index contributed by atoms with van der Waals surface area (Å²) in [5, 5.41) is 0. The Balaban J connectivity index is 1.60. The maximum atomic E-state index is 5.94. The highest BCUT2D eigenvalue weighted by molar-refractivity contribution is 4.90. The molecule has 2 aliphatic heterocycles.